The maximum absolute atomic E-state index is 13.5. The van der Waals surface area contributed by atoms with Gasteiger partial charge in [-0.1, -0.05) is 24.3 Å². The molecule has 0 saturated heterocycles. The van der Waals surface area contributed by atoms with Crippen molar-refractivity contribution in [1.82, 2.24) is 0 Å². The van der Waals surface area contributed by atoms with Gasteiger partial charge in [-0.25, -0.2) is 8.60 Å². The first-order chi connectivity index (χ1) is 10.6. The summed E-state index contributed by atoms with van der Waals surface area (Å²) < 4.78 is 39.3. The zero-order valence-electron chi connectivity index (χ0n) is 11.8. The van der Waals surface area contributed by atoms with Gasteiger partial charge in [0.1, 0.15) is 11.6 Å². The Hall–Kier alpha value is -1.92. The molecule has 2 unspecified atom stereocenters. The van der Waals surface area contributed by atoms with E-state index in [1.54, 1.807) is 0 Å². The molecule has 2 aromatic rings. The van der Waals surface area contributed by atoms with Gasteiger partial charge < -0.3 is 14.6 Å². The Morgan fingerprint density at radius 2 is 2.14 bits per heavy atom. The van der Waals surface area contributed by atoms with Crippen LogP contribution in [0.3, 0.4) is 0 Å². The third kappa shape index (κ3) is 3.28. The number of fused-ring (bicyclic) bond motifs is 1. The molecule has 0 bridgehead atoms. The average Bonchev–Trinajstić information content (AvgIpc) is 2.50. The van der Waals surface area contributed by atoms with Gasteiger partial charge in [0.2, 0.25) is 0 Å². The predicted octanol–water partition coefficient (Wildman–Crippen LogP) is 3.48. The molecule has 0 fully saturated rings. The average molecular weight is 321 g/mol. The molecule has 1 aliphatic rings. The lowest BCUT2D eigenvalue weighted by Gasteiger charge is -2.28. The van der Waals surface area contributed by atoms with Crippen molar-refractivity contribution in [3.8, 4) is 5.75 Å². The summed E-state index contributed by atoms with van der Waals surface area (Å²) in [6.07, 6.45) is 0.745. The molecule has 22 heavy (non-hydrogen) atoms. The summed E-state index contributed by atoms with van der Waals surface area (Å²) in [6.45, 7) is 0.575. The van der Waals surface area contributed by atoms with Crippen LogP contribution in [0.25, 0.3) is 0 Å². The lowest BCUT2D eigenvalue weighted by atomic mass is 10.00. The Morgan fingerprint density at radius 1 is 1.32 bits per heavy atom. The first-order valence-corrected chi connectivity index (χ1v) is 8.25. The maximum Gasteiger partial charge on any atom is 0.157 e. The Labute approximate surface area is 130 Å². The quantitative estimate of drug-likeness (QED) is 0.847. The fourth-order valence-corrected chi connectivity index (χ4v) is 3.14. The summed E-state index contributed by atoms with van der Waals surface area (Å²) in [5, 5.41) is 3.29. The lowest BCUT2D eigenvalue weighted by Crippen LogP contribution is -2.21. The fourth-order valence-electron chi connectivity index (χ4n) is 2.62. The number of ether oxygens (including phenoxy) is 1. The molecule has 3 rings (SSSR count). The number of anilines is 1. The van der Waals surface area contributed by atoms with Crippen molar-refractivity contribution < 1.29 is 17.9 Å². The van der Waals surface area contributed by atoms with Crippen molar-refractivity contribution >= 4 is 16.8 Å². The summed E-state index contributed by atoms with van der Waals surface area (Å²) >= 11 is -1.97. The molecule has 4 nitrogen and oxygen atoms in total. The first-order valence-electron chi connectivity index (χ1n) is 6.97. The number of rotatable bonds is 4. The molecule has 0 radical (unpaired) electrons. The molecule has 6 heteroatoms. The zero-order valence-corrected chi connectivity index (χ0v) is 12.6. The molecule has 0 aromatic heterocycles. The van der Waals surface area contributed by atoms with Crippen LogP contribution in [0.4, 0.5) is 10.1 Å². The van der Waals surface area contributed by atoms with Crippen LogP contribution < -0.4 is 10.1 Å². The Balaban J connectivity index is 1.90. The largest absolute Gasteiger partial charge is 0.493 e. The number of nitrogens with one attached hydrogen (secondary N) is 1. The van der Waals surface area contributed by atoms with Crippen molar-refractivity contribution in [3.05, 3.63) is 59.4 Å². The van der Waals surface area contributed by atoms with E-state index in [0.717, 1.165) is 17.7 Å². The van der Waals surface area contributed by atoms with Gasteiger partial charge in [-0.2, -0.15) is 0 Å². The standard InChI is InChI=1S/C16H16FNO3S/c17-12-6-5-11(10-22(19)20)15(9-12)18-14-7-8-21-16-4-2-1-3-13(14)16/h1-6,9,14,18H,7-8,10H2,(H,19,20). The van der Waals surface area contributed by atoms with Crippen molar-refractivity contribution in [1.29, 1.82) is 0 Å². The minimum absolute atomic E-state index is 0.0161. The van der Waals surface area contributed by atoms with Crippen LogP contribution in [0.5, 0.6) is 5.75 Å². The van der Waals surface area contributed by atoms with Crippen molar-refractivity contribution in [2.24, 2.45) is 0 Å². The predicted molar refractivity (Wildman–Crippen MR) is 83.8 cm³/mol. The number of para-hydroxylation sites is 1. The Kier molecular flexibility index (Phi) is 4.40. The van der Waals surface area contributed by atoms with Gasteiger partial charge >= 0.3 is 0 Å². The van der Waals surface area contributed by atoms with Gasteiger partial charge in [0, 0.05) is 17.7 Å². The molecular weight excluding hydrogens is 305 g/mol. The highest BCUT2D eigenvalue weighted by Gasteiger charge is 2.22. The fraction of sp³-hybridized carbons (Fsp3) is 0.250. The molecular formula is C16H16FNO3S. The highest BCUT2D eigenvalue weighted by Crippen LogP contribution is 2.35. The maximum atomic E-state index is 13.5. The van der Waals surface area contributed by atoms with Gasteiger partial charge in [-0.05, 0) is 23.8 Å². The normalized spacial score (nSPS) is 18.2. The van der Waals surface area contributed by atoms with Gasteiger partial charge in [0.15, 0.2) is 11.1 Å². The third-order valence-corrected chi connectivity index (χ3v) is 4.20. The lowest BCUT2D eigenvalue weighted by molar-refractivity contribution is 0.274. The van der Waals surface area contributed by atoms with E-state index in [1.807, 2.05) is 24.3 Å². The van der Waals surface area contributed by atoms with Crippen LogP contribution in [-0.2, 0) is 16.8 Å². The van der Waals surface area contributed by atoms with E-state index in [0.29, 0.717) is 17.9 Å². The minimum atomic E-state index is -1.97. The number of hydrogen-bond acceptors (Lipinski definition) is 3. The molecule has 0 amide bonds. The number of halogens is 1. The van der Waals surface area contributed by atoms with Gasteiger partial charge in [0.25, 0.3) is 0 Å². The number of benzene rings is 2. The van der Waals surface area contributed by atoms with Crippen LogP contribution in [0.2, 0.25) is 0 Å². The first kappa shape index (κ1) is 15.0. The van der Waals surface area contributed by atoms with E-state index >= 15 is 0 Å². The van der Waals surface area contributed by atoms with Crippen molar-refractivity contribution in [2.75, 3.05) is 11.9 Å². The van der Waals surface area contributed by atoms with Crippen molar-refractivity contribution in [2.45, 2.75) is 18.2 Å². The molecule has 0 spiro atoms. The summed E-state index contributed by atoms with van der Waals surface area (Å²) in [5.41, 5.74) is 2.17. The molecule has 116 valence electrons. The van der Waals surface area contributed by atoms with Crippen LogP contribution in [0.15, 0.2) is 42.5 Å². The highest BCUT2D eigenvalue weighted by atomic mass is 32.2. The van der Waals surface area contributed by atoms with Crippen LogP contribution in [0.1, 0.15) is 23.6 Å². The second kappa shape index (κ2) is 6.46. The van der Waals surface area contributed by atoms with E-state index in [1.165, 1.54) is 18.2 Å². The Morgan fingerprint density at radius 3 is 2.95 bits per heavy atom. The van der Waals surface area contributed by atoms with Crippen LogP contribution in [0, 0.1) is 5.82 Å². The third-order valence-electron chi connectivity index (χ3n) is 3.64. The molecule has 2 aromatic carbocycles. The Bertz CT molecular complexity index is 708. The highest BCUT2D eigenvalue weighted by molar-refractivity contribution is 7.78. The zero-order chi connectivity index (χ0) is 15.5. The van der Waals surface area contributed by atoms with Crippen LogP contribution in [-0.4, -0.2) is 15.4 Å². The van der Waals surface area contributed by atoms with E-state index in [2.05, 4.69) is 5.32 Å². The van der Waals surface area contributed by atoms with E-state index in [4.69, 9.17) is 9.29 Å². The van der Waals surface area contributed by atoms with E-state index in [9.17, 15) is 8.60 Å². The van der Waals surface area contributed by atoms with Gasteiger partial charge in [-0.15, -0.1) is 0 Å². The van der Waals surface area contributed by atoms with Crippen molar-refractivity contribution in [3.63, 3.8) is 0 Å². The van der Waals surface area contributed by atoms with Gasteiger partial charge in [-0.3, -0.25) is 0 Å². The molecule has 0 saturated carbocycles. The molecule has 2 atom stereocenters. The molecule has 0 aliphatic carbocycles. The summed E-state index contributed by atoms with van der Waals surface area (Å²) in [4.78, 5) is 0. The SMILES string of the molecule is O=S(O)Cc1ccc(F)cc1NC1CCOc2ccccc21. The second-order valence-electron chi connectivity index (χ2n) is 5.14. The molecule has 1 aliphatic heterocycles. The number of hydrogen-bond donors (Lipinski definition) is 2. The minimum Gasteiger partial charge on any atom is -0.493 e. The summed E-state index contributed by atoms with van der Waals surface area (Å²) in [5.74, 6) is 0.401. The molecule has 1 heterocycles. The summed E-state index contributed by atoms with van der Waals surface area (Å²) in [7, 11) is 0. The van der Waals surface area contributed by atoms with Gasteiger partial charge in [0.05, 0.1) is 18.4 Å². The van der Waals surface area contributed by atoms with E-state index < -0.39 is 11.1 Å². The monoisotopic (exact) mass is 321 g/mol. The smallest absolute Gasteiger partial charge is 0.157 e. The summed E-state index contributed by atoms with van der Waals surface area (Å²) in [6, 6.07) is 11.9. The second-order valence-corrected chi connectivity index (χ2v) is 6.07. The van der Waals surface area contributed by atoms with E-state index in [-0.39, 0.29) is 17.6 Å². The van der Waals surface area contributed by atoms with Crippen LogP contribution >= 0.6 is 0 Å². The molecule has 2 N–H and O–H groups in total. The topological polar surface area (TPSA) is 58.6 Å².